The lowest BCUT2D eigenvalue weighted by atomic mass is 9.70. The molecule has 0 radical (unpaired) electrons. The monoisotopic (exact) mass is 596 g/mol. The average molecular weight is 598 g/mol. The van der Waals surface area contributed by atoms with E-state index < -0.39 is 41.6 Å². The van der Waals surface area contributed by atoms with Crippen molar-refractivity contribution >= 4 is 33.7 Å². The zero-order valence-electron chi connectivity index (χ0n) is 23.1. The van der Waals surface area contributed by atoms with E-state index in [1.807, 2.05) is 19.9 Å². The van der Waals surface area contributed by atoms with Gasteiger partial charge in [-0.1, -0.05) is 61.7 Å². The predicted molar refractivity (Wildman–Crippen MR) is 150 cm³/mol. The number of carbonyl (C=O) groups excluding carboxylic acids is 3. The van der Waals surface area contributed by atoms with Crippen molar-refractivity contribution < 1.29 is 29.0 Å². The largest absolute Gasteiger partial charge is 0.465 e. The van der Waals surface area contributed by atoms with Gasteiger partial charge in [0.05, 0.1) is 37.2 Å². The molecule has 2 bridgehead atoms. The Labute approximate surface area is 235 Å². The first-order valence-electron chi connectivity index (χ1n) is 14.2. The molecular weight excluding hydrogens is 552 g/mol. The summed E-state index contributed by atoms with van der Waals surface area (Å²) < 4.78 is 12.2. The quantitative estimate of drug-likeness (QED) is 0.126. The maximum Gasteiger partial charge on any atom is 0.312 e. The molecule has 0 aromatic carbocycles. The number of aliphatic hydroxyl groups is 1. The lowest BCUT2D eigenvalue weighted by molar-refractivity contribution is -0.157. The van der Waals surface area contributed by atoms with Crippen LogP contribution in [0.4, 0.5) is 0 Å². The molecule has 3 fully saturated rings. The number of likely N-dealkylation sites (tertiary alicyclic amines) is 1. The molecule has 3 rings (SSSR count). The SMILES string of the molecule is C=CCCCCOC(=O)[C@H]1[C@H]2C(=O)N([C@@H](CO)[C@@H](C)CC)C(C(=O)N(CC=C)CCCC)C23CC(Br)[C@@H]1O3. The number of aliphatic hydroxyl groups excluding tert-OH is 1. The van der Waals surface area contributed by atoms with Crippen molar-refractivity contribution in [3.05, 3.63) is 25.3 Å². The number of allylic oxidation sites excluding steroid dienone is 1. The fourth-order valence-electron chi connectivity index (χ4n) is 6.42. The van der Waals surface area contributed by atoms with Crippen molar-refractivity contribution in [2.24, 2.45) is 17.8 Å². The molecule has 8 atom stereocenters. The number of hydrogen-bond acceptors (Lipinski definition) is 6. The molecular formula is C29H45BrN2O6. The smallest absolute Gasteiger partial charge is 0.312 e. The third kappa shape index (κ3) is 5.61. The Morgan fingerprint density at radius 1 is 1.29 bits per heavy atom. The Hall–Kier alpha value is -1.71. The zero-order chi connectivity index (χ0) is 28.0. The van der Waals surface area contributed by atoms with Crippen molar-refractivity contribution in [3.8, 4) is 0 Å². The summed E-state index contributed by atoms with van der Waals surface area (Å²) in [4.78, 5) is 45.1. The highest BCUT2D eigenvalue weighted by Crippen LogP contribution is 2.61. The number of fused-ring (bicyclic) bond motifs is 1. The molecule has 3 aliphatic rings. The first-order chi connectivity index (χ1) is 18.2. The van der Waals surface area contributed by atoms with Gasteiger partial charge in [0.2, 0.25) is 11.8 Å². The van der Waals surface area contributed by atoms with Gasteiger partial charge in [-0.3, -0.25) is 14.4 Å². The van der Waals surface area contributed by atoms with Gasteiger partial charge in [-0.15, -0.1) is 13.2 Å². The van der Waals surface area contributed by atoms with E-state index in [0.29, 0.717) is 25.9 Å². The van der Waals surface area contributed by atoms with E-state index >= 15 is 0 Å². The van der Waals surface area contributed by atoms with Gasteiger partial charge < -0.3 is 24.4 Å². The number of ether oxygens (including phenoxy) is 2. The van der Waals surface area contributed by atoms with Crippen LogP contribution >= 0.6 is 15.9 Å². The van der Waals surface area contributed by atoms with Gasteiger partial charge in [0.15, 0.2) is 0 Å². The summed E-state index contributed by atoms with van der Waals surface area (Å²) >= 11 is 3.70. The Morgan fingerprint density at radius 2 is 2.03 bits per heavy atom. The van der Waals surface area contributed by atoms with E-state index in [0.717, 1.165) is 32.1 Å². The summed E-state index contributed by atoms with van der Waals surface area (Å²) in [5.74, 6) is -2.65. The molecule has 3 unspecified atom stereocenters. The molecule has 1 N–H and O–H groups in total. The van der Waals surface area contributed by atoms with Crippen molar-refractivity contribution in [2.75, 3.05) is 26.3 Å². The minimum atomic E-state index is -1.16. The number of rotatable bonds is 16. The molecule has 3 heterocycles. The maximum atomic E-state index is 14.3. The van der Waals surface area contributed by atoms with Crippen molar-refractivity contribution in [1.82, 2.24) is 9.80 Å². The molecule has 3 saturated heterocycles. The summed E-state index contributed by atoms with van der Waals surface area (Å²) in [6, 6.07) is -1.50. The highest BCUT2D eigenvalue weighted by Gasteiger charge is 2.77. The number of nitrogens with zero attached hydrogens (tertiary/aromatic N) is 2. The van der Waals surface area contributed by atoms with Crippen LogP contribution in [0, 0.1) is 17.8 Å². The molecule has 214 valence electrons. The number of amides is 2. The van der Waals surface area contributed by atoms with Gasteiger partial charge in [-0.2, -0.15) is 0 Å². The molecule has 2 amide bonds. The molecule has 3 aliphatic heterocycles. The fourth-order valence-corrected chi connectivity index (χ4v) is 7.36. The van der Waals surface area contributed by atoms with Crippen LogP contribution in [0.1, 0.15) is 65.7 Å². The standard InChI is InChI=1S/C29H45BrN2O6/c1-6-10-12-13-16-37-28(36)22-23-26(34)32(21(18-33)19(5)9-4)25(29(23)17-20(30)24(22)38-29)27(35)31(14-8-3)15-11-7-2/h6,8,19-25,33H,1,3,7,9-18H2,2,4-5H3/t19-,20?,21-,22-,23-,24-,25?,29?/m0/s1. The van der Waals surface area contributed by atoms with Crippen LogP contribution in [0.3, 0.4) is 0 Å². The summed E-state index contributed by atoms with van der Waals surface area (Å²) in [5.41, 5.74) is -1.16. The third-order valence-corrected chi connectivity index (χ3v) is 9.41. The van der Waals surface area contributed by atoms with E-state index in [1.165, 1.54) is 0 Å². The first kappa shape index (κ1) is 30.8. The molecule has 8 nitrogen and oxygen atoms in total. The lowest BCUT2D eigenvalue weighted by Crippen LogP contribution is -2.60. The average Bonchev–Trinajstić information content (AvgIpc) is 3.50. The van der Waals surface area contributed by atoms with Gasteiger partial charge >= 0.3 is 5.97 Å². The van der Waals surface area contributed by atoms with Crippen LogP contribution in [0.2, 0.25) is 0 Å². The fraction of sp³-hybridized carbons (Fsp3) is 0.759. The summed E-state index contributed by atoms with van der Waals surface area (Å²) in [5, 5.41) is 10.4. The summed E-state index contributed by atoms with van der Waals surface area (Å²) in [6.07, 6.45) is 8.26. The summed E-state index contributed by atoms with van der Waals surface area (Å²) in [7, 11) is 0. The van der Waals surface area contributed by atoms with E-state index in [4.69, 9.17) is 9.47 Å². The topological polar surface area (TPSA) is 96.4 Å². The van der Waals surface area contributed by atoms with Crippen LogP contribution in [-0.2, 0) is 23.9 Å². The summed E-state index contributed by atoms with van der Waals surface area (Å²) in [6.45, 7) is 14.5. The highest BCUT2D eigenvalue weighted by atomic mass is 79.9. The Morgan fingerprint density at radius 3 is 2.63 bits per heavy atom. The van der Waals surface area contributed by atoms with Gasteiger partial charge in [0, 0.05) is 17.9 Å². The minimum Gasteiger partial charge on any atom is -0.465 e. The Bertz CT molecular complexity index is 883. The lowest BCUT2D eigenvalue weighted by Gasteiger charge is -2.41. The highest BCUT2D eigenvalue weighted by molar-refractivity contribution is 9.09. The predicted octanol–water partition coefficient (Wildman–Crippen LogP) is 3.86. The van der Waals surface area contributed by atoms with E-state index in [1.54, 1.807) is 15.9 Å². The van der Waals surface area contributed by atoms with Crippen LogP contribution < -0.4 is 0 Å². The second-order valence-corrected chi connectivity index (χ2v) is 12.1. The molecule has 0 aliphatic carbocycles. The van der Waals surface area contributed by atoms with E-state index in [9.17, 15) is 19.5 Å². The second kappa shape index (κ2) is 13.6. The van der Waals surface area contributed by atoms with Gasteiger partial charge in [0.1, 0.15) is 11.6 Å². The molecule has 0 aromatic heterocycles. The van der Waals surface area contributed by atoms with Gasteiger partial charge in [-0.05, 0) is 38.0 Å². The first-order valence-corrected chi connectivity index (χ1v) is 15.1. The van der Waals surface area contributed by atoms with Crippen molar-refractivity contribution in [2.45, 2.75) is 94.3 Å². The Balaban J connectivity index is 2.01. The molecule has 0 aromatic rings. The second-order valence-electron chi connectivity index (χ2n) is 10.9. The van der Waals surface area contributed by atoms with Crippen molar-refractivity contribution in [1.29, 1.82) is 0 Å². The van der Waals surface area contributed by atoms with Gasteiger partial charge in [-0.25, -0.2) is 0 Å². The molecule has 38 heavy (non-hydrogen) atoms. The normalized spacial score (nSPS) is 31.1. The van der Waals surface area contributed by atoms with E-state index in [2.05, 4.69) is 36.0 Å². The number of hydrogen-bond donors (Lipinski definition) is 1. The number of esters is 1. The van der Waals surface area contributed by atoms with Crippen molar-refractivity contribution in [3.63, 3.8) is 0 Å². The number of alkyl halides is 1. The number of unbranched alkanes of at least 4 members (excludes halogenated alkanes) is 3. The van der Waals surface area contributed by atoms with Crippen LogP contribution in [0.15, 0.2) is 25.3 Å². The Kier molecular flexibility index (Phi) is 11.0. The maximum absolute atomic E-state index is 14.3. The van der Waals surface area contributed by atoms with E-state index in [-0.39, 0.29) is 35.8 Å². The molecule has 1 spiro atoms. The van der Waals surface area contributed by atoms with Crippen LogP contribution in [0.25, 0.3) is 0 Å². The minimum absolute atomic E-state index is 0.0507. The number of carbonyl (C=O) groups is 3. The zero-order valence-corrected chi connectivity index (χ0v) is 24.7. The molecule has 0 saturated carbocycles. The molecule has 9 heteroatoms. The third-order valence-electron chi connectivity index (χ3n) is 8.57. The van der Waals surface area contributed by atoms with Crippen LogP contribution in [-0.4, -0.2) is 87.6 Å². The van der Waals surface area contributed by atoms with Crippen LogP contribution in [0.5, 0.6) is 0 Å². The van der Waals surface area contributed by atoms with Gasteiger partial charge in [0.25, 0.3) is 0 Å². The number of halogens is 1.